The second-order valence-corrected chi connectivity index (χ2v) is 5.80. The van der Waals surface area contributed by atoms with E-state index >= 15 is 0 Å². The molecule has 0 saturated carbocycles. The molecular weight excluding hydrogens is 304 g/mol. The second kappa shape index (κ2) is 6.08. The van der Waals surface area contributed by atoms with E-state index in [-0.39, 0.29) is 5.91 Å². The van der Waals surface area contributed by atoms with Crippen molar-refractivity contribution < 1.29 is 4.79 Å². The lowest BCUT2D eigenvalue weighted by Crippen LogP contribution is -2.07. The summed E-state index contributed by atoms with van der Waals surface area (Å²) in [6.07, 6.45) is 6.48. The molecule has 1 N–H and O–H groups in total. The predicted octanol–water partition coefficient (Wildman–Crippen LogP) is 4.60. The number of hydrogen-bond acceptors (Lipinski definition) is 3. The Morgan fingerprint density at radius 2 is 1.95 bits per heavy atom. The lowest BCUT2D eigenvalue weighted by atomic mass is 10.2. The third kappa shape index (κ3) is 3.12. The molecule has 0 aliphatic rings. The number of thiophene rings is 1. The van der Waals surface area contributed by atoms with Crippen molar-refractivity contribution >= 4 is 50.7 Å². The van der Waals surface area contributed by atoms with Crippen LogP contribution in [0.2, 0.25) is 5.02 Å². The summed E-state index contributed by atoms with van der Waals surface area (Å²) in [6, 6.07) is 11.4. The molecule has 0 aliphatic heterocycles. The number of benzene rings is 1. The Hall–Kier alpha value is -2.17. The number of aromatic nitrogens is 1. The zero-order chi connectivity index (χ0) is 14.7. The van der Waals surface area contributed by atoms with Crippen LogP contribution in [0, 0.1) is 0 Å². The molecule has 1 amide bonds. The first kappa shape index (κ1) is 13.8. The van der Waals surface area contributed by atoms with Crippen molar-refractivity contribution in [3.63, 3.8) is 0 Å². The molecule has 2 heterocycles. The van der Waals surface area contributed by atoms with Gasteiger partial charge in [0.05, 0.1) is 5.02 Å². The van der Waals surface area contributed by atoms with Gasteiger partial charge in [-0.2, -0.15) is 0 Å². The van der Waals surface area contributed by atoms with Crippen LogP contribution in [0.1, 0.15) is 4.88 Å². The van der Waals surface area contributed by atoms with E-state index < -0.39 is 0 Å². The Balaban J connectivity index is 1.78. The van der Waals surface area contributed by atoms with Crippen LogP contribution in [0.4, 0.5) is 5.69 Å². The van der Waals surface area contributed by atoms with Crippen molar-refractivity contribution in [3.05, 3.63) is 64.8 Å². The summed E-state index contributed by atoms with van der Waals surface area (Å²) in [5.41, 5.74) is 0.710. The monoisotopic (exact) mass is 314 g/mol. The zero-order valence-corrected chi connectivity index (χ0v) is 12.5. The van der Waals surface area contributed by atoms with Gasteiger partial charge in [-0.25, -0.2) is 0 Å². The van der Waals surface area contributed by atoms with Gasteiger partial charge in [-0.3, -0.25) is 9.78 Å². The first-order valence-electron chi connectivity index (χ1n) is 6.30. The summed E-state index contributed by atoms with van der Waals surface area (Å²) < 4.78 is 1.11. The first-order valence-corrected chi connectivity index (χ1v) is 7.49. The molecule has 3 aromatic rings. The first-order chi connectivity index (χ1) is 10.2. The highest BCUT2D eigenvalue weighted by Gasteiger charge is 2.07. The van der Waals surface area contributed by atoms with Crippen LogP contribution in [-0.2, 0) is 4.79 Å². The molecule has 3 nitrogen and oxygen atoms in total. The van der Waals surface area contributed by atoms with Gasteiger partial charge in [0.1, 0.15) is 0 Å². The lowest BCUT2D eigenvalue weighted by molar-refractivity contribution is -0.111. The number of nitrogens with zero attached hydrogens (tertiary/aromatic N) is 1. The molecule has 0 saturated heterocycles. The smallest absolute Gasteiger partial charge is 0.248 e. The lowest BCUT2D eigenvalue weighted by Gasteiger charge is -1.99. The summed E-state index contributed by atoms with van der Waals surface area (Å²) in [5.74, 6) is -0.199. The van der Waals surface area contributed by atoms with Gasteiger partial charge in [0.25, 0.3) is 0 Å². The molecule has 0 atom stereocenters. The van der Waals surface area contributed by atoms with Crippen molar-refractivity contribution in [3.8, 4) is 0 Å². The molecule has 5 heteroatoms. The van der Waals surface area contributed by atoms with Crippen LogP contribution in [0.3, 0.4) is 0 Å². The molecule has 3 rings (SSSR count). The maximum atomic E-state index is 11.9. The molecule has 0 radical (unpaired) electrons. The Kier molecular flexibility index (Phi) is 3.99. The van der Waals surface area contributed by atoms with Gasteiger partial charge in [-0.15, -0.1) is 11.3 Å². The van der Waals surface area contributed by atoms with E-state index in [0.717, 1.165) is 15.0 Å². The molecular formula is C16H11ClN2OS. The van der Waals surface area contributed by atoms with E-state index in [0.29, 0.717) is 10.7 Å². The van der Waals surface area contributed by atoms with Crippen molar-refractivity contribution in [2.75, 3.05) is 5.32 Å². The van der Waals surface area contributed by atoms with Crippen LogP contribution in [-0.4, -0.2) is 10.9 Å². The molecule has 0 spiro atoms. The van der Waals surface area contributed by atoms with E-state index in [1.54, 1.807) is 41.9 Å². The summed E-state index contributed by atoms with van der Waals surface area (Å²) in [4.78, 5) is 16.6. The highest BCUT2D eigenvalue weighted by Crippen LogP contribution is 2.35. The maximum absolute atomic E-state index is 11.9. The van der Waals surface area contributed by atoms with Gasteiger partial charge in [-0.05, 0) is 24.3 Å². The number of anilines is 1. The number of hydrogen-bond donors (Lipinski definition) is 1. The number of amides is 1. The third-order valence-electron chi connectivity index (χ3n) is 2.89. The quantitative estimate of drug-likeness (QED) is 0.718. The number of pyridine rings is 1. The Labute approximate surface area is 130 Å². The van der Waals surface area contributed by atoms with E-state index in [4.69, 9.17) is 11.6 Å². The minimum absolute atomic E-state index is 0.199. The van der Waals surface area contributed by atoms with Gasteiger partial charge < -0.3 is 5.32 Å². The Bertz CT molecular complexity index is 812. The van der Waals surface area contributed by atoms with Gasteiger partial charge in [-0.1, -0.05) is 29.8 Å². The zero-order valence-electron chi connectivity index (χ0n) is 10.9. The Morgan fingerprint density at radius 1 is 1.19 bits per heavy atom. The molecule has 1 aromatic carbocycles. The van der Waals surface area contributed by atoms with Crippen LogP contribution in [0.5, 0.6) is 0 Å². The molecule has 0 unspecified atom stereocenters. The van der Waals surface area contributed by atoms with E-state index in [1.165, 1.54) is 6.08 Å². The fourth-order valence-corrected chi connectivity index (χ4v) is 3.31. The normalized spacial score (nSPS) is 11.1. The fraction of sp³-hybridized carbons (Fsp3) is 0. The standard InChI is InChI=1S/C16H11ClN2OS/c17-16-12-3-1-2-4-13(12)21-14(16)5-6-15(20)19-11-7-9-18-10-8-11/h1-10H,(H,18,19,20)/b6-5+. The van der Waals surface area contributed by atoms with Crippen molar-refractivity contribution in [1.82, 2.24) is 4.98 Å². The van der Waals surface area contributed by atoms with Gasteiger partial charge in [0.2, 0.25) is 5.91 Å². The number of carbonyl (C=O) groups is 1. The van der Waals surface area contributed by atoms with E-state index in [9.17, 15) is 4.79 Å². The molecule has 0 fully saturated rings. The molecule has 0 bridgehead atoms. The van der Waals surface area contributed by atoms with Crippen molar-refractivity contribution in [1.29, 1.82) is 0 Å². The summed E-state index contributed by atoms with van der Waals surface area (Å²) in [5, 5.41) is 4.46. The minimum atomic E-state index is -0.199. The largest absolute Gasteiger partial charge is 0.322 e. The fourth-order valence-electron chi connectivity index (χ4n) is 1.91. The third-order valence-corrected chi connectivity index (χ3v) is 4.55. The number of rotatable bonds is 3. The summed E-state index contributed by atoms with van der Waals surface area (Å²) in [6.45, 7) is 0. The summed E-state index contributed by atoms with van der Waals surface area (Å²) in [7, 11) is 0. The second-order valence-electron chi connectivity index (χ2n) is 4.33. The van der Waals surface area contributed by atoms with Crippen LogP contribution in [0.15, 0.2) is 54.9 Å². The molecule has 104 valence electrons. The number of halogens is 1. The average Bonchev–Trinajstić information content (AvgIpc) is 2.83. The number of fused-ring (bicyclic) bond motifs is 1. The minimum Gasteiger partial charge on any atom is -0.322 e. The van der Waals surface area contributed by atoms with Gasteiger partial charge in [0.15, 0.2) is 0 Å². The predicted molar refractivity (Wildman–Crippen MR) is 88.7 cm³/mol. The SMILES string of the molecule is O=C(/C=C/c1sc2ccccc2c1Cl)Nc1ccncc1. The maximum Gasteiger partial charge on any atom is 0.248 e. The summed E-state index contributed by atoms with van der Waals surface area (Å²) >= 11 is 7.88. The van der Waals surface area contributed by atoms with E-state index in [1.807, 2.05) is 24.3 Å². The van der Waals surface area contributed by atoms with Crippen molar-refractivity contribution in [2.24, 2.45) is 0 Å². The van der Waals surface area contributed by atoms with Crippen LogP contribution in [0.25, 0.3) is 16.2 Å². The molecule has 21 heavy (non-hydrogen) atoms. The highest BCUT2D eigenvalue weighted by molar-refractivity contribution is 7.20. The van der Waals surface area contributed by atoms with Crippen LogP contribution >= 0.6 is 22.9 Å². The topological polar surface area (TPSA) is 42.0 Å². The molecule has 0 aliphatic carbocycles. The van der Waals surface area contributed by atoms with Crippen LogP contribution < -0.4 is 5.32 Å². The Morgan fingerprint density at radius 3 is 2.71 bits per heavy atom. The number of carbonyl (C=O) groups excluding carboxylic acids is 1. The van der Waals surface area contributed by atoms with Crippen molar-refractivity contribution in [2.45, 2.75) is 0 Å². The molecule has 2 aromatic heterocycles. The van der Waals surface area contributed by atoms with Gasteiger partial charge >= 0.3 is 0 Å². The highest BCUT2D eigenvalue weighted by atomic mass is 35.5. The van der Waals surface area contributed by atoms with Gasteiger partial charge in [0, 0.05) is 39.1 Å². The number of nitrogens with one attached hydrogen (secondary N) is 1. The average molecular weight is 315 g/mol. The van der Waals surface area contributed by atoms with E-state index in [2.05, 4.69) is 10.3 Å².